The molecular formula is C22H29NO3S. The van der Waals surface area contributed by atoms with Gasteiger partial charge in [-0.3, -0.25) is 4.79 Å². The monoisotopic (exact) mass is 387 g/mol. The number of nitrogens with zero attached hydrogens (tertiary/aromatic N) is 1. The van der Waals surface area contributed by atoms with Crippen molar-refractivity contribution in [3.63, 3.8) is 0 Å². The van der Waals surface area contributed by atoms with E-state index in [0.717, 1.165) is 48.6 Å². The number of epoxide rings is 1. The number of aromatic nitrogens is 1. The lowest BCUT2D eigenvalue weighted by Gasteiger charge is -2.26. The smallest absolute Gasteiger partial charge is 0.305 e. The molecule has 2 aromatic rings. The van der Waals surface area contributed by atoms with Crippen molar-refractivity contribution in [3.05, 3.63) is 40.2 Å². The lowest BCUT2D eigenvalue weighted by atomic mass is 9.80. The number of hydrogen-bond acceptors (Lipinski definition) is 5. The summed E-state index contributed by atoms with van der Waals surface area (Å²) >= 11 is 1.76. The third kappa shape index (κ3) is 4.96. The average molecular weight is 388 g/mol. The second kappa shape index (κ2) is 8.11. The van der Waals surface area contributed by atoms with E-state index >= 15 is 0 Å². The quantitative estimate of drug-likeness (QED) is 0.421. The first-order valence-corrected chi connectivity index (χ1v) is 10.4. The highest BCUT2D eigenvalue weighted by Crippen LogP contribution is 2.51. The zero-order valence-corrected chi connectivity index (χ0v) is 17.5. The summed E-state index contributed by atoms with van der Waals surface area (Å²) in [5.74, 6) is -0.125. The molecule has 3 rings (SSSR count). The average Bonchev–Trinajstić information content (AvgIpc) is 3.35. The van der Waals surface area contributed by atoms with Crippen molar-refractivity contribution in [2.45, 2.75) is 58.5 Å². The fraction of sp³-hybridized carbons (Fsp3) is 0.545. The number of ether oxygens (including phenoxy) is 2. The van der Waals surface area contributed by atoms with Crippen molar-refractivity contribution in [1.82, 2.24) is 4.98 Å². The number of rotatable bonds is 9. The van der Waals surface area contributed by atoms with Crippen LogP contribution in [0.25, 0.3) is 11.3 Å². The summed E-state index contributed by atoms with van der Waals surface area (Å²) in [6.45, 7) is 7.38. The van der Waals surface area contributed by atoms with E-state index in [4.69, 9.17) is 14.5 Å². The zero-order valence-electron chi connectivity index (χ0n) is 16.7. The Labute approximate surface area is 165 Å². The highest BCUT2D eigenvalue weighted by Gasteiger charge is 2.50. The first-order valence-electron chi connectivity index (χ1n) is 9.59. The van der Waals surface area contributed by atoms with Gasteiger partial charge in [0.15, 0.2) is 0 Å². The summed E-state index contributed by atoms with van der Waals surface area (Å²) in [5, 5.41) is 1.08. The van der Waals surface area contributed by atoms with Gasteiger partial charge in [0, 0.05) is 12.0 Å². The van der Waals surface area contributed by atoms with Crippen LogP contribution in [-0.4, -0.2) is 24.7 Å². The van der Waals surface area contributed by atoms with Gasteiger partial charge in [-0.15, -0.1) is 11.3 Å². The highest BCUT2D eigenvalue weighted by atomic mass is 32.1. The van der Waals surface area contributed by atoms with Crippen LogP contribution >= 0.6 is 11.3 Å². The number of carbonyl (C=O) groups is 1. The van der Waals surface area contributed by atoms with E-state index in [1.807, 2.05) is 6.07 Å². The number of carbonyl (C=O) groups excluding carboxylic acids is 1. The van der Waals surface area contributed by atoms with E-state index in [9.17, 15) is 4.79 Å². The predicted molar refractivity (Wildman–Crippen MR) is 109 cm³/mol. The Hall–Kier alpha value is -1.72. The largest absolute Gasteiger partial charge is 0.469 e. The summed E-state index contributed by atoms with van der Waals surface area (Å²) in [5.41, 5.74) is 2.21. The van der Waals surface area contributed by atoms with Crippen molar-refractivity contribution in [2.75, 3.05) is 13.7 Å². The molecule has 1 saturated heterocycles. The van der Waals surface area contributed by atoms with Gasteiger partial charge in [0.25, 0.3) is 0 Å². The van der Waals surface area contributed by atoms with Crippen LogP contribution in [0.5, 0.6) is 0 Å². The van der Waals surface area contributed by atoms with Crippen LogP contribution in [0.15, 0.2) is 30.3 Å². The molecule has 0 saturated carbocycles. The van der Waals surface area contributed by atoms with Gasteiger partial charge < -0.3 is 9.47 Å². The topological polar surface area (TPSA) is 51.7 Å². The molecular weight excluding hydrogens is 358 g/mol. The molecule has 1 aromatic heterocycles. The minimum atomic E-state index is -0.184. The van der Waals surface area contributed by atoms with Crippen LogP contribution in [-0.2, 0) is 19.9 Å². The van der Waals surface area contributed by atoms with Crippen LogP contribution < -0.4 is 0 Å². The molecule has 0 N–H and O–H groups in total. The van der Waals surface area contributed by atoms with Gasteiger partial charge in [-0.05, 0) is 38.0 Å². The van der Waals surface area contributed by atoms with E-state index in [0.29, 0.717) is 6.42 Å². The molecule has 0 aliphatic carbocycles. The van der Waals surface area contributed by atoms with Crippen LogP contribution in [0, 0.1) is 12.3 Å². The van der Waals surface area contributed by atoms with Crippen molar-refractivity contribution in [2.24, 2.45) is 5.41 Å². The number of thiazole rings is 1. The third-order valence-electron chi connectivity index (χ3n) is 5.36. The van der Waals surface area contributed by atoms with Gasteiger partial charge in [-0.25, -0.2) is 4.98 Å². The van der Waals surface area contributed by atoms with E-state index in [-0.39, 0.29) is 17.0 Å². The Bertz CT molecular complexity index is 778. The van der Waals surface area contributed by atoms with Gasteiger partial charge in [0.05, 0.1) is 29.3 Å². The van der Waals surface area contributed by atoms with E-state index in [2.05, 4.69) is 45.0 Å². The number of methoxy groups -OCH3 is 1. The fourth-order valence-electron chi connectivity index (χ4n) is 3.48. The Morgan fingerprint density at radius 3 is 2.63 bits per heavy atom. The Kier molecular flexibility index (Phi) is 6.02. The molecule has 1 aliphatic heterocycles. The van der Waals surface area contributed by atoms with E-state index in [1.54, 1.807) is 11.3 Å². The molecule has 0 radical (unpaired) electrons. The summed E-state index contributed by atoms with van der Waals surface area (Å²) in [7, 11) is 1.45. The Morgan fingerprint density at radius 1 is 1.30 bits per heavy atom. The summed E-state index contributed by atoms with van der Waals surface area (Å²) in [6.07, 6.45) is 4.40. The fourth-order valence-corrected chi connectivity index (χ4v) is 4.58. The number of hydrogen-bond donors (Lipinski definition) is 0. The molecule has 0 bridgehead atoms. The lowest BCUT2D eigenvalue weighted by molar-refractivity contribution is -0.140. The standard InChI is InChI=1S/C22H29NO3S/c1-16-23-19(17-9-6-5-7-10-17)20(27-16)22(15-26-22)14-13-21(2,3)12-8-11-18(24)25-4/h5-7,9-10H,8,11-15H2,1-4H3. The van der Waals surface area contributed by atoms with Crippen molar-refractivity contribution in [1.29, 1.82) is 0 Å². The van der Waals surface area contributed by atoms with Crippen LogP contribution in [0.2, 0.25) is 0 Å². The summed E-state index contributed by atoms with van der Waals surface area (Å²) in [4.78, 5) is 17.4. The minimum Gasteiger partial charge on any atom is -0.469 e. The van der Waals surface area contributed by atoms with Gasteiger partial charge in [0.2, 0.25) is 0 Å². The van der Waals surface area contributed by atoms with Gasteiger partial charge in [-0.1, -0.05) is 44.2 Å². The molecule has 0 amide bonds. The maximum absolute atomic E-state index is 11.3. The van der Waals surface area contributed by atoms with Crippen LogP contribution in [0.1, 0.15) is 55.8 Å². The predicted octanol–water partition coefficient (Wildman–Crippen LogP) is 5.49. The molecule has 1 aliphatic rings. The molecule has 1 fully saturated rings. The highest BCUT2D eigenvalue weighted by molar-refractivity contribution is 7.12. The maximum atomic E-state index is 11.3. The molecule has 27 heavy (non-hydrogen) atoms. The Balaban J connectivity index is 1.67. The second-order valence-electron chi connectivity index (χ2n) is 8.15. The van der Waals surface area contributed by atoms with Gasteiger partial charge in [-0.2, -0.15) is 0 Å². The molecule has 4 nitrogen and oxygen atoms in total. The minimum absolute atomic E-state index is 0.125. The van der Waals surface area contributed by atoms with Crippen LogP contribution in [0.4, 0.5) is 0 Å². The molecule has 0 spiro atoms. The third-order valence-corrected chi connectivity index (χ3v) is 6.51. The summed E-state index contributed by atoms with van der Waals surface area (Å²) in [6, 6.07) is 10.4. The van der Waals surface area contributed by atoms with Crippen LogP contribution in [0.3, 0.4) is 0 Å². The van der Waals surface area contributed by atoms with Gasteiger partial charge >= 0.3 is 5.97 Å². The number of esters is 1. The molecule has 146 valence electrons. The normalized spacial score (nSPS) is 19.1. The first kappa shape index (κ1) is 20.0. The lowest BCUT2D eigenvalue weighted by Crippen LogP contribution is -2.17. The van der Waals surface area contributed by atoms with Gasteiger partial charge in [0.1, 0.15) is 5.60 Å². The van der Waals surface area contributed by atoms with Crippen molar-refractivity contribution < 1.29 is 14.3 Å². The molecule has 1 aromatic carbocycles. The van der Waals surface area contributed by atoms with Crippen molar-refractivity contribution in [3.8, 4) is 11.3 Å². The molecule has 1 unspecified atom stereocenters. The maximum Gasteiger partial charge on any atom is 0.305 e. The second-order valence-corrected chi connectivity index (χ2v) is 9.36. The SMILES string of the molecule is COC(=O)CCCC(C)(C)CCC1(c2sc(C)nc2-c2ccccc2)CO1. The molecule has 5 heteroatoms. The first-order chi connectivity index (χ1) is 12.9. The zero-order chi connectivity index (χ0) is 19.5. The number of aryl methyl sites for hydroxylation is 1. The Morgan fingerprint density at radius 2 is 2.00 bits per heavy atom. The molecule has 1 atom stereocenters. The summed E-state index contributed by atoms with van der Waals surface area (Å²) < 4.78 is 10.7. The van der Waals surface area contributed by atoms with Crippen molar-refractivity contribution >= 4 is 17.3 Å². The van der Waals surface area contributed by atoms with E-state index < -0.39 is 0 Å². The molecule has 2 heterocycles. The van der Waals surface area contributed by atoms with E-state index in [1.165, 1.54) is 12.0 Å². The number of benzene rings is 1.